The van der Waals surface area contributed by atoms with E-state index in [1.807, 2.05) is 20.9 Å². The van der Waals surface area contributed by atoms with Gasteiger partial charge in [0.1, 0.15) is 0 Å². The SMILES string of the molecule is CCC(C)S(=O)(=O)C1CCC(NC)C1. The highest BCUT2D eigenvalue weighted by Gasteiger charge is 2.36. The maximum atomic E-state index is 12.0. The van der Waals surface area contributed by atoms with Crippen LogP contribution in [0, 0.1) is 0 Å². The van der Waals surface area contributed by atoms with Gasteiger partial charge >= 0.3 is 0 Å². The highest BCUT2D eigenvalue weighted by Crippen LogP contribution is 2.28. The van der Waals surface area contributed by atoms with E-state index in [2.05, 4.69) is 5.32 Å². The first-order valence-electron chi connectivity index (χ1n) is 5.42. The summed E-state index contributed by atoms with van der Waals surface area (Å²) in [6, 6.07) is 0.402. The molecule has 1 aliphatic rings. The zero-order valence-electron chi connectivity index (χ0n) is 9.29. The van der Waals surface area contributed by atoms with E-state index in [9.17, 15) is 8.42 Å². The minimum Gasteiger partial charge on any atom is -0.317 e. The summed E-state index contributed by atoms with van der Waals surface area (Å²) in [6.07, 6.45) is 3.35. The Labute approximate surface area is 87.2 Å². The normalized spacial score (nSPS) is 30.5. The average molecular weight is 219 g/mol. The summed E-state index contributed by atoms with van der Waals surface area (Å²) in [4.78, 5) is 0. The molecule has 0 saturated heterocycles. The number of sulfone groups is 1. The van der Waals surface area contributed by atoms with Crippen molar-refractivity contribution in [3.63, 3.8) is 0 Å². The topological polar surface area (TPSA) is 46.2 Å². The number of nitrogens with one attached hydrogen (secondary N) is 1. The van der Waals surface area contributed by atoms with Crippen LogP contribution in [0.1, 0.15) is 39.5 Å². The molecule has 0 aliphatic heterocycles. The molecule has 1 rings (SSSR count). The fraction of sp³-hybridized carbons (Fsp3) is 1.00. The molecule has 0 aromatic carbocycles. The predicted molar refractivity (Wildman–Crippen MR) is 59.2 cm³/mol. The average Bonchev–Trinajstić information content (AvgIpc) is 2.65. The fourth-order valence-corrected chi connectivity index (χ4v) is 4.15. The van der Waals surface area contributed by atoms with Gasteiger partial charge in [0.2, 0.25) is 0 Å². The largest absolute Gasteiger partial charge is 0.317 e. The number of rotatable bonds is 4. The van der Waals surface area contributed by atoms with Gasteiger partial charge in [-0.3, -0.25) is 0 Å². The van der Waals surface area contributed by atoms with E-state index in [0.29, 0.717) is 6.04 Å². The van der Waals surface area contributed by atoms with Crippen molar-refractivity contribution < 1.29 is 8.42 Å². The predicted octanol–water partition coefficient (Wildman–Crippen LogP) is 1.34. The molecule has 0 spiro atoms. The van der Waals surface area contributed by atoms with Crippen molar-refractivity contribution in [1.82, 2.24) is 5.32 Å². The van der Waals surface area contributed by atoms with Crippen LogP contribution in [0.5, 0.6) is 0 Å². The lowest BCUT2D eigenvalue weighted by molar-refractivity contribution is 0.554. The second-order valence-corrected chi connectivity index (χ2v) is 6.88. The van der Waals surface area contributed by atoms with Crippen LogP contribution in [-0.2, 0) is 9.84 Å². The van der Waals surface area contributed by atoms with Gasteiger partial charge in [-0.1, -0.05) is 6.92 Å². The van der Waals surface area contributed by atoms with Crippen molar-refractivity contribution in [3.05, 3.63) is 0 Å². The Balaban J connectivity index is 2.66. The first-order chi connectivity index (χ1) is 6.52. The van der Waals surface area contributed by atoms with E-state index >= 15 is 0 Å². The number of hydrogen-bond donors (Lipinski definition) is 1. The lowest BCUT2D eigenvalue weighted by atomic mass is 10.3. The molecule has 4 heteroatoms. The van der Waals surface area contributed by atoms with Crippen LogP contribution < -0.4 is 5.32 Å². The minimum absolute atomic E-state index is 0.102. The molecular formula is C10H21NO2S. The van der Waals surface area contributed by atoms with Gasteiger partial charge in [-0.25, -0.2) is 8.42 Å². The zero-order valence-corrected chi connectivity index (χ0v) is 10.1. The fourth-order valence-electron chi connectivity index (χ4n) is 2.06. The van der Waals surface area contributed by atoms with Gasteiger partial charge in [-0.2, -0.15) is 0 Å². The second kappa shape index (κ2) is 4.62. The Morgan fingerprint density at radius 1 is 1.43 bits per heavy atom. The Morgan fingerprint density at radius 2 is 2.07 bits per heavy atom. The minimum atomic E-state index is -2.87. The van der Waals surface area contributed by atoms with Gasteiger partial charge in [0, 0.05) is 6.04 Å². The summed E-state index contributed by atoms with van der Waals surface area (Å²) in [5.41, 5.74) is 0. The Kier molecular flexibility index (Phi) is 3.95. The van der Waals surface area contributed by atoms with Crippen LogP contribution in [0.15, 0.2) is 0 Å². The summed E-state index contributed by atoms with van der Waals surface area (Å²) >= 11 is 0. The Morgan fingerprint density at radius 3 is 2.50 bits per heavy atom. The van der Waals surface area contributed by atoms with Crippen molar-refractivity contribution >= 4 is 9.84 Å². The third-order valence-electron chi connectivity index (χ3n) is 3.39. The molecule has 1 saturated carbocycles. The molecule has 0 radical (unpaired) electrons. The molecule has 3 unspecified atom stereocenters. The van der Waals surface area contributed by atoms with Gasteiger partial charge < -0.3 is 5.32 Å². The van der Waals surface area contributed by atoms with Gasteiger partial charge in [0.25, 0.3) is 0 Å². The van der Waals surface area contributed by atoms with Crippen molar-refractivity contribution in [2.45, 2.75) is 56.1 Å². The van der Waals surface area contributed by atoms with Crippen molar-refractivity contribution in [3.8, 4) is 0 Å². The molecule has 0 aromatic heterocycles. The van der Waals surface area contributed by atoms with E-state index in [1.54, 1.807) is 0 Å². The maximum absolute atomic E-state index is 12.0. The van der Waals surface area contributed by atoms with E-state index in [0.717, 1.165) is 25.7 Å². The second-order valence-electron chi connectivity index (χ2n) is 4.23. The molecule has 1 aliphatic carbocycles. The Bertz CT molecular complexity index is 274. The number of hydrogen-bond acceptors (Lipinski definition) is 3. The van der Waals surface area contributed by atoms with Crippen LogP contribution in [0.2, 0.25) is 0 Å². The van der Waals surface area contributed by atoms with Crippen LogP contribution >= 0.6 is 0 Å². The van der Waals surface area contributed by atoms with Gasteiger partial charge in [-0.05, 0) is 39.7 Å². The molecule has 1 fully saturated rings. The maximum Gasteiger partial charge on any atom is 0.155 e. The zero-order chi connectivity index (χ0) is 10.8. The first-order valence-corrected chi connectivity index (χ1v) is 7.03. The van der Waals surface area contributed by atoms with E-state index in [-0.39, 0.29) is 10.5 Å². The van der Waals surface area contributed by atoms with Gasteiger partial charge in [0.15, 0.2) is 9.84 Å². The summed E-state index contributed by atoms with van der Waals surface area (Å²) in [5, 5.41) is 2.88. The monoisotopic (exact) mass is 219 g/mol. The standard InChI is InChI=1S/C10H21NO2S/c1-4-8(2)14(12,13)10-6-5-9(7-10)11-3/h8-11H,4-7H2,1-3H3. The molecular weight excluding hydrogens is 198 g/mol. The van der Waals surface area contributed by atoms with Crippen LogP contribution in [0.3, 0.4) is 0 Å². The summed E-state index contributed by atoms with van der Waals surface area (Å²) < 4.78 is 24.0. The third kappa shape index (κ3) is 2.28. The van der Waals surface area contributed by atoms with Gasteiger partial charge in [0.05, 0.1) is 10.5 Å². The molecule has 3 nitrogen and oxygen atoms in total. The highest BCUT2D eigenvalue weighted by atomic mass is 32.2. The molecule has 0 heterocycles. The summed E-state index contributed by atoms with van der Waals surface area (Å²) in [6.45, 7) is 3.76. The van der Waals surface area contributed by atoms with Crippen LogP contribution in [0.4, 0.5) is 0 Å². The molecule has 0 amide bonds. The third-order valence-corrected chi connectivity index (χ3v) is 6.21. The lowest BCUT2D eigenvalue weighted by Crippen LogP contribution is -2.30. The van der Waals surface area contributed by atoms with E-state index < -0.39 is 9.84 Å². The lowest BCUT2D eigenvalue weighted by Gasteiger charge is -2.16. The Hall–Kier alpha value is -0.0900. The van der Waals surface area contributed by atoms with E-state index in [1.165, 1.54) is 0 Å². The van der Waals surface area contributed by atoms with Crippen molar-refractivity contribution in [2.75, 3.05) is 7.05 Å². The van der Waals surface area contributed by atoms with Crippen molar-refractivity contribution in [1.29, 1.82) is 0 Å². The molecule has 0 bridgehead atoms. The summed E-state index contributed by atoms with van der Waals surface area (Å²) in [5.74, 6) is 0. The molecule has 0 aromatic rings. The van der Waals surface area contributed by atoms with Gasteiger partial charge in [-0.15, -0.1) is 0 Å². The molecule has 14 heavy (non-hydrogen) atoms. The smallest absolute Gasteiger partial charge is 0.155 e. The van der Waals surface area contributed by atoms with Crippen molar-refractivity contribution in [2.24, 2.45) is 0 Å². The van der Waals surface area contributed by atoms with E-state index in [4.69, 9.17) is 0 Å². The molecule has 3 atom stereocenters. The van der Waals surface area contributed by atoms with Crippen LogP contribution in [-0.4, -0.2) is 32.0 Å². The quantitative estimate of drug-likeness (QED) is 0.776. The molecule has 84 valence electrons. The summed E-state index contributed by atoms with van der Waals surface area (Å²) in [7, 11) is -0.966. The molecule has 1 N–H and O–H groups in total. The highest BCUT2D eigenvalue weighted by molar-refractivity contribution is 7.92. The first kappa shape index (κ1) is 12.0. The van der Waals surface area contributed by atoms with Crippen LogP contribution in [0.25, 0.3) is 0 Å².